The summed E-state index contributed by atoms with van der Waals surface area (Å²) in [5, 5.41) is 0. The molecule has 1 aromatic carbocycles. The van der Waals surface area contributed by atoms with Gasteiger partial charge >= 0.3 is 5.97 Å². The highest BCUT2D eigenvalue weighted by molar-refractivity contribution is 9.10. The molecule has 0 saturated carbocycles. The Morgan fingerprint density at radius 2 is 1.85 bits per heavy atom. The van der Waals surface area contributed by atoms with Gasteiger partial charge in [0.2, 0.25) is 0 Å². The molecular formula is C8H5BrF2O2. The summed E-state index contributed by atoms with van der Waals surface area (Å²) in [5.41, 5.74) is -0.152. The fourth-order valence-electron chi connectivity index (χ4n) is 0.791. The van der Waals surface area contributed by atoms with E-state index in [1.807, 2.05) is 0 Å². The van der Waals surface area contributed by atoms with Crippen LogP contribution in [0, 0.1) is 11.6 Å². The first-order valence-corrected chi connectivity index (χ1v) is 4.08. The van der Waals surface area contributed by atoms with Crippen molar-refractivity contribution in [3.05, 3.63) is 33.8 Å². The van der Waals surface area contributed by atoms with E-state index >= 15 is 0 Å². The molecule has 70 valence electrons. The van der Waals surface area contributed by atoms with Gasteiger partial charge < -0.3 is 4.74 Å². The van der Waals surface area contributed by atoms with Crippen LogP contribution in [-0.4, -0.2) is 13.1 Å². The van der Waals surface area contributed by atoms with Crippen molar-refractivity contribution in [2.45, 2.75) is 0 Å². The number of carbonyl (C=O) groups is 1. The highest BCUT2D eigenvalue weighted by atomic mass is 79.9. The van der Waals surface area contributed by atoms with Gasteiger partial charge in [0.15, 0.2) is 0 Å². The van der Waals surface area contributed by atoms with E-state index in [1.54, 1.807) is 0 Å². The van der Waals surface area contributed by atoms with Crippen LogP contribution < -0.4 is 0 Å². The van der Waals surface area contributed by atoms with Crippen LogP contribution in [0.4, 0.5) is 8.78 Å². The molecule has 0 spiro atoms. The Hall–Kier alpha value is -0.970. The zero-order chi connectivity index (χ0) is 10.0. The molecule has 0 aromatic heterocycles. The zero-order valence-corrected chi connectivity index (χ0v) is 8.19. The van der Waals surface area contributed by atoms with E-state index in [0.29, 0.717) is 0 Å². The standard InChI is InChI=1S/C8H5BrF2O2/c1-13-8(12)4-2-5(10)7(9)6(11)3-4/h2-3H,1H3. The predicted octanol–water partition coefficient (Wildman–Crippen LogP) is 2.51. The average Bonchev–Trinajstić information content (AvgIpc) is 2.12. The third-order valence-corrected chi connectivity index (χ3v) is 2.16. The molecule has 1 aromatic rings. The Labute approximate surface area is 81.6 Å². The number of carbonyl (C=O) groups excluding carboxylic acids is 1. The summed E-state index contributed by atoms with van der Waals surface area (Å²) >= 11 is 2.68. The van der Waals surface area contributed by atoms with Gasteiger partial charge in [0.25, 0.3) is 0 Å². The van der Waals surface area contributed by atoms with Crippen LogP contribution >= 0.6 is 15.9 Å². The molecule has 0 aliphatic carbocycles. The quantitative estimate of drug-likeness (QED) is 0.566. The highest BCUT2D eigenvalue weighted by Gasteiger charge is 2.13. The van der Waals surface area contributed by atoms with Crippen molar-refractivity contribution in [3.63, 3.8) is 0 Å². The number of hydrogen-bond acceptors (Lipinski definition) is 2. The molecule has 1 rings (SSSR count). The summed E-state index contributed by atoms with van der Waals surface area (Å²) in [6, 6.07) is 1.80. The minimum atomic E-state index is -0.833. The first kappa shape index (κ1) is 10.1. The maximum Gasteiger partial charge on any atom is 0.338 e. The van der Waals surface area contributed by atoms with Crippen LogP contribution in [0.1, 0.15) is 10.4 Å². The van der Waals surface area contributed by atoms with Gasteiger partial charge in [-0.1, -0.05) is 0 Å². The Morgan fingerprint density at radius 3 is 2.23 bits per heavy atom. The monoisotopic (exact) mass is 250 g/mol. The summed E-state index contributed by atoms with van der Waals surface area (Å²) in [4.78, 5) is 10.9. The van der Waals surface area contributed by atoms with Crippen molar-refractivity contribution in [2.75, 3.05) is 7.11 Å². The van der Waals surface area contributed by atoms with E-state index in [9.17, 15) is 13.6 Å². The number of methoxy groups -OCH3 is 1. The minimum absolute atomic E-state index is 0.152. The minimum Gasteiger partial charge on any atom is -0.465 e. The molecule has 0 aliphatic rings. The Kier molecular flexibility index (Phi) is 2.98. The van der Waals surface area contributed by atoms with E-state index < -0.39 is 17.6 Å². The van der Waals surface area contributed by atoms with Crippen LogP contribution in [0.15, 0.2) is 16.6 Å². The van der Waals surface area contributed by atoms with E-state index in [1.165, 1.54) is 0 Å². The Morgan fingerprint density at radius 1 is 1.38 bits per heavy atom. The molecule has 0 unspecified atom stereocenters. The molecule has 0 atom stereocenters. The van der Waals surface area contributed by atoms with Crippen LogP contribution in [0.25, 0.3) is 0 Å². The molecule has 13 heavy (non-hydrogen) atoms. The van der Waals surface area contributed by atoms with Crippen molar-refractivity contribution in [3.8, 4) is 0 Å². The molecule has 0 fully saturated rings. The molecule has 0 amide bonds. The van der Waals surface area contributed by atoms with Crippen LogP contribution in [0.2, 0.25) is 0 Å². The van der Waals surface area contributed by atoms with Crippen LogP contribution in [0.5, 0.6) is 0 Å². The molecule has 0 N–H and O–H groups in total. The zero-order valence-electron chi connectivity index (χ0n) is 6.61. The Balaban J connectivity index is 3.20. The molecule has 5 heteroatoms. The fourth-order valence-corrected chi connectivity index (χ4v) is 1.02. The van der Waals surface area contributed by atoms with E-state index in [2.05, 4.69) is 20.7 Å². The van der Waals surface area contributed by atoms with Gasteiger partial charge in [-0.15, -0.1) is 0 Å². The number of rotatable bonds is 1. The topological polar surface area (TPSA) is 26.3 Å². The van der Waals surface area contributed by atoms with Crippen molar-refractivity contribution in [1.29, 1.82) is 0 Å². The van der Waals surface area contributed by atoms with Crippen molar-refractivity contribution in [1.82, 2.24) is 0 Å². The maximum atomic E-state index is 12.8. The molecule has 0 heterocycles. The summed E-state index contributed by atoms with van der Waals surface area (Å²) in [5.74, 6) is -2.44. The van der Waals surface area contributed by atoms with Crippen molar-refractivity contribution >= 4 is 21.9 Å². The molecule has 2 nitrogen and oxygen atoms in total. The molecular weight excluding hydrogens is 246 g/mol. The second-order valence-corrected chi connectivity index (χ2v) is 3.04. The number of halogens is 3. The van der Waals surface area contributed by atoms with Gasteiger partial charge in [-0.05, 0) is 28.1 Å². The number of esters is 1. The summed E-state index contributed by atoms with van der Waals surface area (Å²) in [6.07, 6.45) is 0. The number of benzene rings is 1. The molecule has 0 radical (unpaired) electrons. The van der Waals surface area contributed by atoms with Crippen LogP contribution in [-0.2, 0) is 4.74 Å². The third-order valence-electron chi connectivity index (χ3n) is 1.40. The average molecular weight is 251 g/mol. The predicted molar refractivity (Wildman–Crippen MR) is 45.4 cm³/mol. The van der Waals surface area contributed by atoms with Crippen LogP contribution in [0.3, 0.4) is 0 Å². The second kappa shape index (κ2) is 3.83. The first-order chi connectivity index (χ1) is 6.06. The number of hydrogen-bond donors (Lipinski definition) is 0. The van der Waals surface area contributed by atoms with E-state index in [-0.39, 0.29) is 10.0 Å². The smallest absolute Gasteiger partial charge is 0.338 e. The lowest BCUT2D eigenvalue weighted by Gasteiger charge is -2.01. The third kappa shape index (κ3) is 2.03. The van der Waals surface area contributed by atoms with Gasteiger partial charge in [0, 0.05) is 0 Å². The lowest BCUT2D eigenvalue weighted by molar-refractivity contribution is 0.0599. The van der Waals surface area contributed by atoms with Crippen molar-refractivity contribution in [2.24, 2.45) is 0 Å². The van der Waals surface area contributed by atoms with E-state index in [4.69, 9.17) is 0 Å². The lowest BCUT2D eigenvalue weighted by atomic mass is 10.2. The van der Waals surface area contributed by atoms with Gasteiger partial charge in [0.1, 0.15) is 11.6 Å². The van der Waals surface area contributed by atoms with E-state index in [0.717, 1.165) is 19.2 Å². The van der Waals surface area contributed by atoms with Gasteiger partial charge in [-0.25, -0.2) is 13.6 Å². The van der Waals surface area contributed by atoms with Gasteiger partial charge in [-0.3, -0.25) is 0 Å². The maximum absolute atomic E-state index is 12.8. The van der Waals surface area contributed by atoms with Gasteiger partial charge in [0.05, 0.1) is 17.1 Å². The lowest BCUT2D eigenvalue weighted by Crippen LogP contribution is -2.03. The first-order valence-electron chi connectivity index (χ1n) is 3.29. The Bertz CT molecular complexity index is 329. The molecule has 0 bridgehead atoms. The summed E-state index contributed by atoms with van der Waals surface area (Å²) in [7, 11) is 1.14. The fraction of sp³-hybridized carbons (Fsp3) is 0.125. The summed E-state index contributed by atoms with van der Waals surface area (Å²) < 4.78 is 29.7. The second-order valence-electron chi connectivity index (χ2n) is 2.25. The van der Waals surface area contributed by atoms with Crippen molar-refractivity contribution < 1.29 is 18.3 Å². The highest BCUT2D eigenvalue weighted by Crippen LogP contribution is 2.21. The summed E-state index contributed by atoms with van der Waals surface area (Å²) in [6.45, 7) is 0. The largest absolute Gasteiger partial charge is 0.465 e. The molecule has 0 aliphatic heterocycles. The number of ether oxygens (including phenoxy) is 1. The molecule has 0 saturated heterocycles. The SMILES string of the molecule is COC(=O)c1cc(F)c(Br)c(F)c1. The normalized spacial score (nSPS) is 9.85. The van der Waals surface area contributed by atoms with Gasteiger partial charge in [-0.2, -0.15) is 0 Å².